The van der Waals surface area contributed by atoms with Crippen molar-refractivity contribution >= 4 is 10.0 Å². The van der Waals surface area contributed by atoms with Crippen molar-refractivity contribution in [3.8, 4) is 0 Å². The highest BCUT2D eigenvalue weighted by Crippen LogP contribution is 2.21. The van der Waals surface area contributed by atoms with Gasteiger partial charge in [-0.05, 0) is 50.6 Å². The Morgan fingerprint density at radius 1 is 1.05 bits per heavy atom. The number of primary sulfonamides is 1. The van der Waals surface area contributed by atoms with E-state index in [2.05, 4.69) is 5.32 Å². The number of aryl methyl sites for hydroxylation is 1. The Hall–Kier alpha value is -1.63. The number of rotatable bonds is 5. The molecule has 5 nitrogen and oxygen atoms in total. The van der Waals surface area contributed by atoms with Gasteiger partial charge in [-0.2, -0.15) is 0 Å². The average molecular weight is 308 g/mol. The standard InChI is InChI=1S/C15H20N2O3S/c1-10-4-9-15(20-10)12(3)17-11(2)13-5-7-14(8-6-13)21(16,18)19/h4-9,11-12,17H,1-3H3,(H2,16,18,19). The van der Waals surface area contributed by atoms with Crippen molar-refractivity contribution in [1.29, 1.82) is 0 Å². The zero-order chi connectivity index (χ0) is 15.6. The number of sulfonamides is 1. The Balaban J connectivity index is 2.08. The molecule has 6 heteroatoms. The van der Waals surface area contributed by atoms with Gasteiger partial charge in [0, 0.05) is 6.04 Å². The van der Waals surface area contributed by atoms with Crippen molar-refractivity contribution in [3.05, 3.63) is 53.5 Å². The van der Waals surface area contributed by atoms with Gasteiger partial charge in [0.05, 0.1) is 10.9 Å². The molecule has 2 aromatic rings. The molecule has 114 valence electrons. The smallest absolute Gasteiger partial charge is 0.238 e. The number of benzene rings is 1. The van der Waals surface area contributed by atoms with Gasteiger partial charge in [0.2, 0.25) is 10.0 Å². The first kappa shape index (κ1) is 15.8. The van der Waals surface area contributed by atoms with Crippen LogP contribution in [0, 0.1) is 6.92 Å². The van der Waals surface area contributed by atoms with E-state index < -0.39 is 10.0 Å². The van der Waals surface area contributed by atoms with E-state index in [0.29, 0.717) is 0 Å². The molecule has 2 unspecified atom stereocenters. The van der Waals surface area contributed by atoms with E-state index in [1.54, 1.807) is 12.1 Å². The number of hydrogen-bond acceptors (Lipinski definition) is 4. The summed E-state index contributed by atoms with van der Waals surface area (Å²) in [6.45, 7) is 5.94. The molecule has 1 heterocycles. The number of nitrogens with one attached hydrogen (secondary N) is 1. The van der Waals surface area contributed by atoms with Crippen LogP contribution < -0.4 is 10.5 Å². The van der Waals surface area contributed by atoms with Crippen LogP contribution in [0.25, 0.3) is 0 Å². The first-order chi connectivity index (χ1) is 9.77. The van der Waals surface area contributed by atoms with Gasteiger partial charge >= 0.3 is 0 Å². The fourth-order valence-electron chi connectivity index (χ4n) is 2.19. The Kier molecular flexibility index (Phi) is 4.51. The summed E-state index contributed by atoms with van der Waals surface area (Å²) in [6.07, 6.45) is 0. The summed E-state index contributed by atoms with van der Waals surface area (Å²) in [6, 6.07) is 10.6. The quantitative estimate of drug-likeness (QED) is 0.889. The summed E-state index contributed by atoms with van der Waals surface area (Å²) in [5.74, 6) is 1.75. The average Bonchev–Trinajstić information content (AvgIpc) is 2.84. The van der Waals surface area contributed by atoms with Crippen LogP contribution >= 0.6 is 0 Å². The van der Waals surface area contributed by atoms with Crippen molar-refractivity contribution in [2.45, 2.75) is 37.8 Å². The third-order valence-corrected chi connectivity index (χ3v) is 4.33. The summed E-state index contributed by atoms with van der Waals surface area (Å²) in [4.78, 5) is 0.119. The van der Waals surface area contributed by atoms with Gasteiger partial charge in [0.25, 0.3) is 0 Å². The van der Waals surface area contributed by atoms with E-state index >= 15 is 0 Å². The fourth-order valence-corrected chi connectivity index (χ4v) is 2.70. The highest BCUT2D eigenvalue weighted by Gasteiger charge is 2.14. The van der Waals surface area contributed by atoms with Crippen molar-refractivity contribution in [1.82, 2.24) is 5.32 Å². The molecule has 0 saturated heterocycles. The van der Waals surface area contributed by atoms with Crippen LogP contribution in [-0.4, -0.2) is 8.42 Å². The first-order valence-corrected chi connectivity index (χ1v) is 8.27. The van der Waals surface area contributed by atoms with E-state index in [4.69, 9.17) is 9.56 Å². The van der Waals surface area contributed by atoms with Crippen molar-refractivity contribution in [2.24, 2.45) is 5.14 Å². The third-order valence-electron chi connectivity index (χ3n) is 3.40. The Morgan fingerprint density at radius 2 is 1.67 bits per heavy atom. The molecule has 0 aliphatic rings. The molecule has 21 heavy (non-hydrogen) atoms. The van der Waals surface area contributed by atoms with Crippen molar-refractivity contribution < 1.29 is 12.8 Å². The number of nitrogens with two attached hydrogens (primary N) is 1. The number of hydrogen-bond donors (Lipinski definition) is 2. The van der Waals surface area contributed by atoms with E-state index in [-0.39, 0.29) is 17.0 Å². The van der Waals surface area contributed by atoms with Crippen LogP contribution in [0.5, 0.6) is 0 Å². The van der Waals surface area contributed by atoms with Gasteiger partial charge in [-0.1, -0.05) is 12.1 Å². The molecule has 0 fully saturated rings. The summed E-state index contributed by atoms with van der Waals surface area (Å²) < 4.78 is 28.0. The lowest BCUT2D eigenvalue weighted by atomic mass is 10.1. The molecule has 0 spiro atoms. The maximum atomic E-state index is 11.2. The van der Waals surface area contributed by atoms with Crippen LogP contribution in [0.1, 0.15) is 43.0 Å². The SMILES string of the molecule is Cc1ccc(C(C)NC(C)c2ccc(S(N)(=O)=O)cc2)o1. The first-order valence-electron chi connectivity index (χ1n) is 6.72. The van der Waals surface area contributed by atoms with E-state index in [1.807, 2.05) is 32.9 Å². The van der Waals surface area contributed by atoms with Crippen LogP contribution in [0.4, 0.5) is 0 Å². The third kappa shape index (κ3) is 3.93. The Labute approximate surface area is 125 Å². The fraction of sp³-hybridized carbons (Fsp3) is 0.333. The summed E-state index contributed by atoms with van der Waals surface area (Å²) in [5, 5.41) is 8.50. The normalized spacial score (nSPS) is 14.9. The largest absolute Gasteiger partial charge is 0.465 e. The highest BCUT2D eigenvalue weighted by atomic mass is 32.2. The predicted molar refractivity (Wildman–Crippen MR) is 81.2 cm³/mol. The second-order valence-corrected chi connectivity index (χ2v) is 6.73. The van der Waals surface area contributed by atoms with E-state index in [0.717, 1.165) is 17.1 Å². The van der Waals surface area contributed by atoms with Crippen molar-refractivity contribution in [3.63, 3.8) is 0 Å². The maximum Gasteiger partial charge on any atom is 0.238 e. The Bertz CT molecular complexity index is 705. The molecule has 0 aliphatic heterocycles. The summed E-state index contributed by atoms with van der Waals surface area (Å²) in [7, 11) is -3.64. The molecule has 1 aromatic carbocycles. The molecular weight excluding hydrogens is 288 g/mol. The Morgan fingerprint density at radius 3 is 2.14 bits per heavy atom. The summed E-state index contributed by atoms with van der Waals surface area (Å²) in [5.41, 5.74) is 0.984. The zero-order valence-electron chi connectivity index (χ0n) is 12.3. The van der Waals surface area contributed by atoms with E-state index in [9.17, 15) is 8.42 Å². The second kappa shape index (κ2) is 6.01. The van der Waals surface area contributed by atoms with Crippen LogP contribution in [0.2, 0.25) is 0 Å². The van der Waals surface area contributed by atoms with Gasteiger partial charge in [-0.25, -0.2) is 13.6 Å². The van der Waals surface area contributed by atoms with Crippen LogP contribution in [-0.2, 0) is 10.0 Å². The lowest BCUT2D eigenvalue weighted by Gasteiger charge is -2.19. The van der Waals surface area contributed by atoms with Crippen molar-refractivity contribution in [2.75, 3.05) is 0 Å². The lowest BCUT2D eigenvalue weighted by molar-refractivity contribution is 0.392. The maximum absolute atomic E-state index is 11.2. The molecule has 0 bridgehead atoms. The second-order valence-electron chi connectivity index (χ2n) is 5.17. The molecule has 2 rings (SSSR count). The minimum absolute atomic E-state index is 0.0555. The highest BCUT2D eigenvalue weighted by molar-refractivity contribution is 7.89. The molecule has 0 aliphatic carbocycles. The molecule has 0 saturated carbocycles. The van der Waals surface area contributed by atoms with Crippen LogP contribution in [0.3, 0.4) is 0 Å². The molecule has 0 amide bonds. The summed E-state index contributed by atoms with van der Waals surface area (Å²) >= 11 is 0. The number of furan rings is 1. The molecule has 2 atom stereocenters. The molecule has 3 N–H and O–H groups in total. The molecule has 0 radical (unpaired) electrons. The van der Waals surface area contributed by atoms with E-state index in [1.165, 1.54) is 12.1 Å². The minimum atomic E-state index is -3.64. The van der Waals surface area contributed by atoms with Gasteiger partial charge in [0.15, 0.2) is 0 Å². The zero-order valence-corrected chi connectivity index (χ0v) is 13.1. The van der Waals surface area contributed by atoms with Gasteiger partial charge in [-0.15, -0.1) is 0 Å². The van der Waals surface area contributed by atoms with Gasteiger partial charge in [-0.3, -0.25) is 0 Å². The van der Waals surface area contributed by atoms with Gasteiger partial charge < -0.3 is 9.73 Å². The monoisotopic (exact) mass is 308 g/mol. The van der Waals surface area contributed by atoms with Gasteiger partial charge in [0.1, 0.15) is 11.5 Å². The lowest BCUT2D eigenvalue weighted by Crippen LogP contribution is -2.22. The minimum Gasteiger partial charge on any atom is -0.465 e. The molecule has 1 aromatic heterocycles. The predicted octanol–water partition coefficient (Wildman–Crippen LogP) is 2.65. The molecular formula is C15H20N2O3S. The van der Waals surface area contributed by atoms with Crippen LogP contribution in [0.15, 0.2) is 45.7 Å². The topological polar surface area (TPSA) is 85.3 Å².